The SMILES string of the molecule is CC(=O)OC(C)c1cccc2c(=O)c(C)c3n(c12)CCc1ccccc1-3. The Morgan fingerprint density at radius 1 is 1.15 bits per heavy atom. The molecule has 132 valence electrons. The fourth-order valence-corrected chi connectivity index (χ4v) is 4.08. The molecule has 4 heteroatoms. The van der Waals surface area contributed by atoms with Gasteiger partial charge < -0.3 is 9.30 Å². The molecule has 0 saturated carbocycles. The topological polar surface area (TPSA) is 48.3 Å². The van der Waals surface area contributed by atoms with Crippen molar-refractivity contribution in [1.82, 2.24) is 4.57 Å². The van der Waals surface area contributed by atoms with Crippen LogP contribution in [0.4, 0.5) is 0 Å². The van der Waals surface area contributed by atoms with Crippen molar-refractivity contribution in [2.24, 2.45) is 0 Å². The van der Waals surface area contributed by atoms with E-state index in [4.69, 9.17) is 4.74 Å². The van der Waals surface area contributed by atoms with Gasteiger partial charge in [0.15, 0.2) is 5.43 Å². The van der Waals surface area contributed by atoms with E-state index in [2.05, 4.69) is 16.7 Å². The van der Waals surface area contributed by atoms with Crippen LogP contribution in [0.2, 0.25) is 0 Å². The minimum Gasteiger partial charge on any atom is -0.458 e. The van der Waals surface area contributed by atoms with E-state index in [1.54, 1.807) is 0 Å². The lowest BCUT2D eigenvalue weighted by Gasteiger charge is -2.28. The van der Waals surface area contributed by atoms with E-state index in [0.717, 1.165) is 40.9 Å². The zero-order chi connectivity index (χ0) is 18.4. The van der Waals surface area contributed by atoms with Gasteiger partial charge in [0.25, 0.3) is 0 Å². The molecule has 1 aliphatic rings. The van der Waals surface area contributed by atoms with Gasteiger partial charge in [-0.25, -0.2) is 0 Å². The maximum Gasteiger partial charge on any atom is 0.303 e. The summed E-state index contributed by atoms with van der Waals surface area (Å²) in [6, 6.07) is 13.9. The highest BCUT2D eigenvalue weighted by Crippen LogP contribution is 2.35. The number of benzene rings is 2. The lowest BCUT2D eigenvalue weighted by atomic mass is 9.92. The summed E-state index contributed by atoms with van der Waals surface area (Å²) in [5.41, 5.74) is 5.91. The second-order valence-electron chi connectivity index (χ2n) is 6.86. The first-order chi connectivity index (χ1) is 12.5. The summed E-state index contributed by atoms with van der Waals surface area (Å²) in [5.74, 6) is -0.326. The van der Waals surface area contributed by atoms with Crippen molar-refractivity contribution in [1.29, 1.82) is 0 Å². The normalized spacial score (nSPS) is 13.8. The highest BCUT2D eigenvalue weighted by Gasteiger charge is 2.24. The number of aromatic nitrogens is 1. The third kappa shape index (κ3) is 2.45. The quantitative estimate of drug-likeness (QED) is 0.654. The number of para-hydroxylation sites is 1. The Labute approximate surface area is 152 Å². The van der Waals surface area contributed by atoms with E-state index < -0.39 is 6.10 Å². The average molecular weight is 347 g/mol. The summed E-state index contributed by atoms with van der Waals surface area (Å²) in [7, 11) is 0. The van der Waals surface area contributed by atoms with Crippen LogP contribution in [-0.2, 0) is 22.5 Å². The molecule has 0 spiro atoms. The Morgan fingerprint density at radius 2 is 1.92 bits per heavy atom. The van der Waals surface area contributed by atoms with Gasteiger partial charge in [0.1, 0.15) is 6.10 Å². The second-order valence-corrected chi connectivity index (χ2v) is 6.86. The Morgan fingerprint density at radius 3 is 2.69 bits per heavy atom. The van der Waals surface area contributed by atoms with Crippen LogP contribution in [0.15, 0.2) is 47.3 Å². The van der Waals surface area contributed by atoms with Crippen molar-refractivity contribution in [3.8, 4) is 11.3 Å². The molecule has 1 aliphatic heterocycles. The Balaban J connectivity index is 2.10. The zero-order valence-corrected chi connectivity index (χ0v) is 15.2. The maximum absolute atomic E-state index is 13.1. The van der Waals surface area contributed by atoms with Gasteiger partial charge >= 0.3 is 5.97 Å². The molecular weight excluding hydrogens is 326 g/mol. The summed E-state index contributed by atoms with van der Waals surface area (Å²) < 4.78 is 7.65. The number of fused-ring (bicyclic) bond motifs is 5. The predicted octanol–water partition coefficient (Wildman–Crippen LogP) is 4.16. The molecule has 0 radical (unpaired) electrons. The number of aryl methyl sites for hydroxylation is 2. The highest BCUT2D eigenvalue weighted by atomic mass is 16.5. The summed E-state index contributed by atoms with van der Waals surface area (Å²) in [6.45, 7) is 5.96. The third-order valence-electron chi connectivity index (χ3n) is 5.21. The molecule has 0 bridgehead atoms. The van der Waals surface area contributed by atoms with Crippen LogP contribution in [0.25, 0.3) is 22.2 Å². The lowest BCUT2D eigenvalue weighted by molar-refractivity contribution is -0.145. The molecule has 0 amide bonds. The average Bonchev–Trinajstić information content (AvgIpc) is 2.64. The third-order valence-corrected chi connectivity index (χ3v) is 5.21. The first kappa shape index (κ1) is 16.6. The number of rotatable bonds is 2. The number of ether oxygens (including phenoxy) is 1. The van der Waals surface area contributed by atoms with E-state index in [1.165, 1.54) is 12.5 Å². The van der Waals surface area contributed by atoms with Gasteiger partial charge in [0.2, 0.25) is 0 Å². The van der Waals surface area contributed by atoms with E-state index in [0.29, 0.717) is 5.39 Å². The van der Waals surface area contributed by atoms with Gasteiger partial charge in [0, 0.05) is 35.5 Å². The van der Waals surface area contributed by atoms with E-state index in [-0.39, 0.29) is 11.4 Å². The molecule has 3 aromatic rings. The van der Waals surface area contributed by atoms with E-state index in [1.807, 2.05) is 44.2 Å². The lowest BCUT2D eigenvalue weighted by Crippen LogP contribution is -2.22. The standard InChI is InChI=1S/C22H21NO3/c1-13-20-18-8-5-4-7-16(18)11-12-23(20)21-17(14(2)26-15(3)24)9-6-10-19(21)22(13)25/h4-10,14H,11-12H2,1-3H3. The van der Waals surface area contributed by atoms with Crippen LogP contribution in [0.5, 0.6) is 0 Å². The van der Waals surface area contributed by atoms with Crippen LogP contribution in [-0.4, -0.2) is 10.5 Å². The van der Waals surface area contributed by atoms with Gasteiger partial charge in [-0.05, 0) is 31.9 Å². The number of carbonyl (C=O) groups is 1. The molecule has 4 nitrogen and oxygen atoms in total. The van der Waals surface area contributed by atoms with Gasteiger partial charge in [-0.1, -0.05) is 36.4 Å². The molecule has 1 aromatic heterocycles. The molecular formula is C22H21NO3. The molecule has 26 heavy (non-hydrogen) atoms. The molecule has 1 atom stereocenters. The fraction of sp³-hybridized carbons (Fsp3) is 0.273. The van der Waals surface area contributed by atoms with E-state index in [9.17, 15) is 9.59 Å². The zero-order valence-electron chi connectivity index (χ0n) is 15.2. The molecule has 2 aromatic carbocycles. The van der Waals surface area contributed by atoms with Crippen LogP contribution >= 0.6 is 0 Å². The van der Waals surface area contributed by atoms with Crippen LogP contribution in [0.1, 0.15) is 36.6 Å². The molecule has 2 heterocycles. The maximum atomic E-state index is 13.1. The largest absolute Gasteiger partial charge is 0.458 e. The van der Waals surface area contributed by atoms with Crippen molar-refractivity contribution >= 4 is 16.9 Å². The first-order valence-electron chi connectivity index (χ1n) is 8.90. The summed E-state index contributed by atoms with van der Waals surface area (Å²) in [4.78, 5) is 24.5. The van der Waals surface area contributed by atoms with E-state index >= 15 is 0 Å². The van der Waals surface area contributed by atoms with Gasteiger partial charge in [-0.2, -0.15) is 0 Å². The summed E-state index contributed by atoms with van der Waals surface area (Å²) in [6.07, 6.45) is 0.503. The van der Waals surface area contributed by atoms with Crippen molar-refractivity contribution in [3.05, 3.63) is 69.4 Å². The molecule has 0 fully saturated rings. The van der Waals surface area contributed by atoms with Gasteiger partial charge in [0.05, 0.1) is 11.2 Å². The Hall–Kier alpha value is -2.88. The minimum absolute atomic E-state index is 0.0415. The van der Waals surface area contributed by atoms with Crippen molar-refractivity contribution in [3.63, 3.8) is 0 Å². The molecule has 4 rings (SSSR count). The fourth-order valence-electron chi connectivity index (χ4n) is 4.08. The number of pyridine rings is 1. The van der Waals surface area contributed by atoms with Gasteiger partial charge in [-0.15, -0.1) is 0 Å². The summed E-state index contributed by atoms with van der Waals surface area (Å²) >= 11 is 0. The monoisotopic (exact) mass is 347 g/mol. The minimum atomic E-state index is -0.410. The van der Waals surface area contributed by atoms with Crippen LogP contribution in [0, 0.1) is 6.92 Å². The number of hydrogen-bond donors (Lipinski definition) is 0. The van der Waals surface area contributed by atoms with Crippen molar-refractivity contribution in [2.45, 2.75) is 39.8 Å². The Bertz CT molecular complexity index is 1090. The first-order valence-corrected chi connectivity index (χ1v) is 8.90. The molecule has 0 N–H and O–H groups in total. The predicted molar refractivity (Wildman–Crippen MR) is 102 cm³/mol. The number of esters is 1. The van der Waals surface area contributed by atoms with Crippen LogP contribution < -0.4 is 5.43 Å². The Kier molecular flexibility index (Phi) is 3.91. The highest BCUT2D eigenvalue weighted by molar-refractivity contribution is 5.88. The molecule has 0 aliphatic carbocycles. The summed E-state index contributed by atoms with van der Waals surface area (Å²) in [5, 5.41) is 0.683. The van der Waals surface area contributed by atoms with Crippen molar-refractivity contribution < 1.29 is 9.53 Å². The molecule has 1 unspecified atom stereocenters. The second kappa shape index (κ2) is 6.13. The van der Waals surface area contributed by atoms with Crippen LogP contribution in [0.3, 0.4) is 0 Å². The molecule has 0 saturated heterocycles. The van der Waals surface area contributed by atoms with Crippen molar-refractivity contribution in [2.75, 3.05) is 0 Å². The number of hydrogen-bond acceptors (Lipinski definition) is 3. The number of carbonyl (C=O) groups excluding carboxylic acids is 1. The van der Waals surface area contributed by atoms with Gasteiger partial charge in [-0.3, -0.25) is 9.59 Å². The number of nitrogens with zero attached hydrogens (tertiary/aromatic N) is 1. The smallest absolute Gasteiger partial charge is 0.303 e.